The highest BCUT2D eigenvalue weighted by Gasteiger charge is 2.30. The van der Waals surface area contributed by atoms with E-state index < -0.39 is 23.8 Å². The van der Waals surface area contributed by atoms with Crippen molar-refractivity contribution in [1.82, 2.24) is 4.98 Å². The predicted molar refractivity (Wildman–Crippen MR) is 105 cm³/mol. The first-order chi connectivity index (χ1) is 14.3. The number of carbonyl (C=O) groups excluding carboxylic acids is 1. The second kappa shape index (κ2) is 9.37. The molecule has 30 heavy (non-hydrogen) atoms. The van der Waals surface area contributed by atoms with Crippen molar-refractivity contribution in [2.24, 2.45) is 0 Å². The van der Waals surface area contributed by atoms with Gasteiger partial charge in [0.15, 0.2) is 0 Å². The first kappa shape index (κ1) is 21.3. The van der Waals surface area contributed by atoms with Crippen LogP contribution < -0.4 is 0 Å². The molecule has 2 aromatic carbocycles. The number of pyridine rings is 1. The Kier molecular flexibility index (Phi) is 6.64. The molecule has 0 saturated carbocycles. The second-order valence-corrected chi connectivity index (χ2v) is 6.47. The number of halogens is 3. The number of carbonyl (C=O) groups is 1. The molecule has 1 atom stereocenters. The highest BCUT2D eigenvalue weighted by atomic mass is 19.4. The second-order valence-electron chi connectivity index (χ2n) is 6.47. The standard InChI is InChI=1S/C23H18F3NO3/c24-23(25,26)19-10-4-8-17(12-19)15-30-22(29)20(13-16-6-2-1-3-7-16)21(28)18-9-5-11-27-14-18/h1-14,21,28H,15H2/b20-13-. The molecule has 1 heterocycles. The summed E-state index contributed by atoms with van der Waals surface area (Å²) in [5.41, 5.74) is 0.350. The van der Waals surface area contributed by atoms with Gasteiger partial charge in [0.25, 0.3) is 0 Å². The Hall–Kier alpha value is -3.45. The molecule has 0 saturated heterocycles. The fourth-order valence-corrected chi connectivity index (χ4v) is 2.77. The number of benzene rings is 2. The Morgan fingerprint density at radius 2 is 1.83 bits per heavy atom. The minimum absolute atomic E-state index is 0.0545. The smallest absolute Gasteiger partial charge is 0.416 e. The lowest BCUT2D eigenvalue weighted by Gasteiger charge is -2.15. The summed E-state index contributed by atoms with van der Waals surface area (Å²) in [6, 6.07) is 16.6. The van der Waals surface area contributed by atoms with Crippen molar-refractivity contribution in [1.29, 1.82) is 0 Å². The van der Waals surface area contributed by atoms with Crippen molar-refractivity contribution in [2.45, 2.75) is 18.9 Å². The third kappa shape index (κ3) is 5.55. The van der Waals surface area contributed by atoms with E-state index in [9.17, 15) is 23.1 Å². The van der Waals surface area contributed by atoms with E-state index in [-0.39, 0.29) is 17.7 Å². The van der Waals surface area contributed by atoms with E-state index in [4.69, 9.17) is 4.74 Å². The van der Waals surface area contributed by atoms with Gasteiger partial charge in [-0.25, -0.2) is 4.79 Å². The van der Waals surface area contributed by atoms with Crippen LogP contribution in [0.5, 0.6) is 0 Å². The van der Waals surface area contributed by atoms with Gasteiger partial charge in [-0.3, -0.25) is 4.98 Å². The minimum Gasteiger partial charge on any atom is -0.457 e. The van der Waals surface area contributed by atoms with Crippen molar-refractivity contribution < 1.29 is 27.8 Å². The van der Waals surface area contributed by atoms with E-state index in [1.165, 1.54) is 30.6 Å². The van der Waals surface area contributed by atoms with E-state index in [1.54, 1.807) is 42.5 Å². The zero-order valence-corrected chi connectivity index (χ0v) is 15.7. The SMILES string of the molecule is O=C(OCc1cccc(C(F)(F)F)c1)/C(=C\c1ccccc1)C(O)c1cccnc1. The monoisotopic (exact) mass is 413 g/mol. The van der Waals surface area contributed by atoms with Gasteiger partial charge in [0.2, 0.25) is 0 Å². The number of rotatable bonds is 6. The zero-order valence-electron chi connectivity index (χ0n) is 15.7. The molecular formula is C23H18F3NO3. The summed E-state index contributed by atoms with van der Waals surface area (Å²) in [6.07, 6.45) is -1.37. The maximum Gasteiger partial charge on any atom is 0.416 e. The third-order valence-electron chi connectivity index (χ3n) is 4.28. The van der Waals surface area contributed by atoms with Gasteiger partial charge in [-0.05, 0) is 35.4 Å². The predicted octanol–water partition coefficient (Wildman–Crippen LogP) is 4.96. The first-order valence-corrected chi connectivity index (χ1v) is 9.02. The van der Waals surface area contributed by atoms with Crippen molar-refractivity contribution in [3.63, 3.8) is 0 Å². The number of aromatic nitrogens is 1. The van der Waals surface area contributed by atoms with E-state index in [2.05, 4.69) is 4.98 Å². The number of hydrogen-bond acceptors (Lipinski definition) is 4. The Balaban J connectivity index is 1.83. The van der Waals surface area contributed by atoms with Crippen molar-refractivity contribution in [3.05, 3.63) is 107 Å². The fourth-order valence-electron chi connectivity index (χ4n) is 2.77. The van der Waals surface area contributed by atoms with Crippen molar-refractivity contribution in [2.75, 3.05) is 0 Å². The summed E-state index contributed by atoms with van der Waals surface area (Å²) in [7, 11) is 0. The van der Waals surface area contributed by atoms with Gasteiger partial charge in [-0.2, -0.15) is 13.2 Å². The van der Waals surface area contributed by atoms with Crippen LogP contribution in [0.3, 0.4) is 0 Å². The third-order valence-corrected chi connectivity index (χ3v) is 4.28. The van der Waals surface area contributed by atoms with E-state index in [1.807, 2.05) is 0 Å². The molecule has 0 aliphatic carbocycles. The molecule has 3 rings (SSSR count). The first-order valence-electron chi connectivity index (χ1n) is 9.02. The van der Waals surface area contributed by atoms with Crippen LogP contribution in [0.15, 0.2) is 84.7 Å². The maximum absolute atomic E-state index is 12.9. The Labute approximate surface area is 171 Å². The summed E-state index contributed by atoms with van der Waals surface area (Å²) >= 11 is 0. The van der Waals surface area contributed by atoms with Gasteiger partial charge in [-0.1, -0.05) is 48.5 Å². The largest absolute Gasteiger partial charge is 0.457 e. The van der Waals surface area contributed by atoms with Gasteiger partial charge in [0, 0.05) is 18.0 Å². The number of aliphatic hydroxyl groups excluding tert-OH is 1. The summed E-state index contributed by atoms with van der Waals surface area (Å²) in [5.74, 6) is -0.840. The van der Waals surface area contributed by atoms with E-state index in [0.717, 1.165) is 12.1 Å². The van der Waals surface area contributed by atoms with Crippen LogP contribution in [0, 0.1) is 0 Å². The van der Waals surface area contributed by atoms with Crippen LogP contribution in [-0.2, 0) is 22.3 Å². The van der Waals surface area contributed by atoms with Gasteiger partial charge < -0.3 is 9.84 Å². The number of hydrogen-bond donors (Lipinski definition) is 1. The molecule has 0 fully saturated rings. The average molecular weight is 413 g/mol. The van der Waals surface area contributed by atoms with Gasteiger partial charge >= 0.3 is 12.1 Å². The van der Waals surface area contributed by atoms with Crippen molar-refractivity contribution >= 4 is 12.0 Å². The Bertz CT molecular complexity index is 1020. The molecule has 0 aliphatic rings. The summed E-state index contributed by atoms with van der Waals surface area (Å²) in [5, 5.41) is 10.7. The molecular weight excluding hydrogens is 395 g/mol. The van der Waals surface area contributed by atoms with E-state index in [0.29, 0.717) is 11.1 Å². The number of ether oxygens (including phenoxy) is 1. The minimum atomic E-state index is -4.49. The molecule has 1 N–H and O–H groups in total. The van der Waals surface area contributed by atoms with Crippen LogP contribution >= 0.6 is 0 Å². The Morgan fingerprint density at radius 3 is 2.50 bits per heavy atom. The quantitative estimate of drug-likeness (QED) is 0.458. The lowest BCUT2D eigenvalue weighted by Crippen LogP contribution is -2.15. The molecule has 7 heteroatoms. The molecule has 1 unspecified atom stereocenters. The van der Waals surface area contributed by atoms with Gasteiger partial charge in [0.1, 0.15) is 12.7 Å². The maximum atomic E-state index is 12.9. The summed E-state index contributed by atoms with van der Waals surface area (Å²) in [4.78, 5) is 16.7. The topological polar surface area (TPSA) is 59.4 Å². The lowest BCUT2D eigenvalue weighted by atomic mass is 10.0. The van der Waals surface area contributed by atoms with Crippen LogP contribution in [-0.4, -0.2) is 16.1 Å². The van der Waals surface area contributed by atoms with Crippen LogP contribution in [0.1, 0.15) is 28.4 Å². The molecule has 3 aromatic rings. The van der Waals surface area contributed by atoms with E-state index >= 15 is 0 Å². The highest BCUT2D eigenvalue weighted by molar-refractivity contribution is 5.95. The number of alkyl halides is 3. The molecule has 0 spiro atoms. The van der Waals surface area contributed by atoms with Crippen LogP contribution in [0.2, 0.25) is 0 Å². The molecule has 1 aromatic heterocycles. The molecule has 0 aliphatic heterocycles. The number of nitrogens with zero attached hydrogens (tertiary/aromatic N) is 1. The molecule has 154 valence electrons. The van der Waals surface area contributed by atoms with Gasteiger partial charge in [-0.15, -0.1) is 0 Å². The molecule has 4 nitrogen and oxygen atoms in total. The molecule has 0 radical (unpaired) electrons. The number of aliphatic hydroxyl groups is 1. The zero-order chi connectivity index (χ0) is 21.6. The summed E-state index contributed by atoms with van der Waals surface area (Å²) < 4.78 is 43.8. The van der Waals surface area contributed by atoms with Crippen molar-refractivity contribution in [3.8, 4) is 0 Å². The molecule has 0 bridgehead atoms. The van der Waals surface area contributed by atoms with Gasteiger partial charge in [0.05, 0.1) is 11.1 Å². The average Bonchev–Trinajstić information content (AvgIpc) is 2.76. The summed E-state index contributed by atoms with van der Waals surface area (Å²) in [6.45, 7) is -0.366. The van der Waals surface area contributed by atoms with Crippen LogP contribution in [0.25, 0.3) is 6.08 Å². The Morgan fingerprint density at radius 1 is 1.07 bits per heavy atom. The normalized spacial score (nSPS) is 13.0. The number of esters is 1. The van der Waals surface area contributed by atoms with Crippen LogP contribution in [0.4, 0.5) is 13.2 Å². The lowest BCUT2D eigenvalue weighted by molar-refractivity contribution is -0.141. The molecule has 0 amide bonds. The fraction of sp³-hybridized carbons (Fsp3) is 0.130. The highest BCUT2D eigenvalue weighted by Crippen LogP contribution is 2.30.